The largest absolute Gasteiger partial charge is 2.00 e. The third-order valence-corrected chi connectivity index (χ3v) is 2.02. The monoisotopic (exact) mass is 210 g/mol. The predicted molar refractivity (Wildman–Crippen MR) is 39.2 cm³/mol. The molecule has 0 rings (SSSR count). The summed E-state index contributed by atoms with van der Waals surface area (Å²) in [5.41, 5.74) is 4.88. The molecule has 0 nitrogen and oxygen atoms in total. The van der Waals surface area contributed by atoms with Crippen LogP contribution >= 0.6 is 0 Å². The second kappa shape index (κ2) is 6.70. The van der Waals surface area contributed by atoms with Crippen molar-refractivity contribution >= 4 is 31.1 Å². The molecular formula is C6H7BrMgSi. The van der Waals surface area contributed by atoms with E-state index in [0.29, 0.717) is 0 Å². The van der Waals surface area contributed by atoms with Crippen LogP contribution < -0.4 is 17.0 Å². The first-order valence-corrected chi connectivity index (χ1v) is 5.04. The van der Waals surface area contributed by atoms with Crippen molar-refractivity contribution in [3.8, 4) is 17.5 Å². The Morgan fingerprint density at radius 3 is 1.78 bits per heavy atom. The van der Waals surface area contributed by atoms with E-state index in [-0.39, 0.29) is 40.0 Å². The average molecular weight is 211 g/mol. The van der Waals surface area contributed by atoms with E-state index in [0.717, 1.165) is 0 Å². The van der Waals surface area contributed by atoms with E-state index >= 15 is 0 Å². The fourth-order valence-electron chi connectivity index (χ4n) is 0.0361. The topological polar surface area (TPSA) is 0 Å². The molecule has 0 heterocycles. The summed E-state index contributed by atoms with van der Waals surface area (Å²) in [7, 11) is -1.71. The molecule has 3 heteroatoms. The van der Waals surface area contributed by atoms with Crippen LogP contribution in [0.3, 0.4) is 0 Å². The van der Waals surface area contributed by atoms with Gasteiger partial charge in [0.15, 0.2) is 8.07 Å². The summed E-state index contributed by atoms with van der Waals surface area (Å²) in [6, 6.07) is 0. The zero-order valence-corrected chi connectivity index (χ0v) is 9.66. The van der Waals surface area contributed by atoms with Crippen LogP contribution in [0.2, 0.25) is 13.1 Å². The predicted octanol–water partition coefficient (Wildman–Crippen LogP) is -2.38. The number of rotatable bonds is 0. The molecule has 0 aromatic heterocycles. The molecule has 0 N–H and O–H groups in total. The molecule has 0 aliphatic heterocycles. The molecule has 0 spiro atoms. The average Bonchev–Trinajstić information content (AvgIpc) is 1.68. The Morgan fingerprint density at radius 2 is 1.78 bits per heavy atom. The van der Waals surface area contributed by atoms with Gasteiger partial charge in [-0.25, -0.2) is 0 Å². The van der Waals surface area contributed by atoms with Crippen molar-refractivity contribution in [3.63, 3.8) is 0 Å². The van der Waals surface area contributed by atoms with E-state index in [1.54, 1.807) is 0 Å². The van der Waals surface area contributed by atoms with E-state index in [1.165, 1.54) is 0 Å². The van der Waals surface area contributed by atoms with Gasteiger partial charge in [0.2, 0.25) is 0 Å². The quantitative estimate of drug-likeness (QED) is 0.238. The fraction of sp³-hybridized carbons (Fsp3) is 0.333. The zero-order chi connectivity index (χ0) is 5.91. The molecule has 0 aromatic carbocycles. The van der Waals surface area contributed by atoms with Crippen molar-refractivity contribution in [2.75, 3.05) is 0 Å². The summed E-state index contributed by atoms with van der Waals surface area (Å²) >= 11 is 0. The van der Waals surface area contributed by atoms with Crippen LogP contribution in [0.5, 0.6) is 0 Å². The van der Waals surface area contributed by atoms with Crippen LogP contribution in [0.4, 0.5) is 0 Å². The number of halogens is 1. The van der Waals surface area contributed by atoms with Gasteiger partial charge in [-0.3, -0.25) is 0 Å². The van der Waals surface area contributed by atoms with Gasteiger partial charge in [0.1, 0.15) is 0 Å². The first-order chi connectivity index (χ1) is 3.12. The summed E-state index contributed by atoms with van der Waals surface area (Å²) in [6.07, 6.45) is 11.7. The minimum absolute atomic E-state index is 0. The molecule has 0 amide bonds. The minimum atomic E-state index is -1.71. The molecule has 0 saturated heterocycles. The second-order valence-corrected chi connectivity index (χ2v) is 5.68. The summed E-state index contributed by atoms with van der Waals surface area (Å²) in [5, 5.41) is 0. The standard InChI is InChI=1S/C6H7Si.BrH.Mg/c1-5-7(3,4)6-2;;/h1H,3-4H3;1H;/q-1;;+2/p-1. The molecule has 0 bridgehead atoms. The van der Waals surface area contributed by atoms with E-state index in [4.69, 9.17) is 12.8 Å². The van der Waals surface area contributed by atoms with Crippen molar-refractivity contribution in [2.24, 2.45) is 0 Å². The Hall–Kier alpha value is 0.583. The Labute approximate surface area is 84.7 Å². The molecule has 0 unspecified atom stereocenters. The SMILES string of the molecule is [Br-].[C-]#C[Si](C)(C)C#C.[Mg+2]. The van der Waals surface area contributed by atoms with E-state index < -0.39 is 8.07 Å². The molecule has 44 valence electrons. The number of hydrogen-bond acceptors (Lipinski definition) is 0. The first kappa shape index (κ1) is 16.3. The third kappa shape index (κ3) is 8.58. The van der Waals surface area contributed by atoms with Gasteiger partial charge in [0.05, 0.1) is 0 Å². The normalized spacial score (nSPS) is 7.11. The van der Waals surface area contributed by atoms with E-state index in [9.17, 15) is 0 Å². The Kier molecular flexibility index (Phi) is 12.1. The molecule has 0 aliphatic rings. The van der Waals surface area contributed by atoms with Crippen LogP contribution in [0.15, 0.2) is 0 Å². The van der Waals surface area contributed by atoms with Gasteiger partial charge < -0.3 is 28.9 Å². The van der Waals surface area contributed by atoms with Gasteiger partial charge in [0.25, 0.3) is 0 Å². The molecule has 0 aromatic rings. The van der Waals surface area contributed by atoms with E-state index in [2.05, 4.69) is 11.1 Å². The van der Waals surface area contributed by atoms with Crippen molar-refractivity contribution in [1.82, 2.24) is 0 Å². The van der Waals surface area contributed by atoms with Crippen molar-refractivity contribution in [2.45, 2.75) is 13.1 Å². The maximum Gasteiger partial charge on any atom is 2.00 e. The van der Waals surface area contributed by atoms with Crippen molar-refractivity contribution in [3.05, 3.63) is 6.42 Å². The van der Waals surface area contributed by atoms with Crippen LogP contribution in [-0.2, 0) is 0 Å². The number of terminal acetylenes is 1. The van der Waals surface area contributed by atoms with Gasteiger partial charge in [-0.1, -0.05) is 13.1 Å². The van der Waals surface area contributed by atoms with Gasteiger partial charge in [0, 0.05) is 0 Å². The Morgan fingerprint density at radius 1 is 1.44 bits per heavy atom. The van der Waals surface area contributed by atoms with Gasteiger partial charge >= 0.3 is 23.1 Å². The molecule has 0 fully saturated rings. The van der Waals surface area contributed by atoms with Crippen LogP contribution in [0.25, 0.3) is 0 Å². The van der Waals surface area contributed by atoms with Gasteiger partial charge in [-0.05, 0) is 0 Å². The molecule has 0 saturated carbocycles. The Bertz CT molecular complexity index is 124. The first-order valence-electron chi connectivity index (χ1n) is 2.04. The Balaban J connectivity index is -0.000000180. The summed E-state index contributed by atoms with van der Waals surface area (Å²) < 4.78 is 0. The second-order valence-electron chi connectivity index (χ2n) is 1.89. The van der Waals surface area contributed by atoms with Crippen molar-refractivity contribution in [1.29, 1.82) is 0 Å². The molecule has 0 atom stereocenters. The van der Waals surface area contributed by atoms with Crippen LogP contribution in [-0.4, -0.2) is 31.1 Å². The third-order valence-electron chi connectivity index (χ3n) is 0.673. The van der Waals surface area contributed by atoms with Crippen molar-refractivity contribution < 1.29 is 17.0 Å². The maximum atomic E-state index is 6.67. The maximum absolute atomic E-state index is 6.67. The smallest absolute Gasteiger partial charge is 1.00 e. The summed E-state index contributed by atoms with van der Waals surface area (Å²) in [6.45, 7) is 3.81. The van der Waals surface area contributed by atoms with Gasteiger partial charge in [-0.2, -0.15) is 0 Å². The summed E-state index contributed by atoms with van der Waals surface area (Å²) in [5.74, 6) is 0. The number of hydrogen-bond donors (Lipinski definition) is 0. The van der Waals surface area contributed by atoms with Crippen LogP contribution in [0, 0.1) is 23.9 Å². The van der Waals surface area contributed by atoms with E-state index in [1.807, 2.05) is 13.1 Å². The molecule has 0 radical (unpaired) electrons. The van der Waals surface area contributed by atoms with Crippen LogP contribution in [0.1, 0.15) is 0 Å². The minimum Gasteiger partial charge on any atom is -1.00 e. The molecule has 0 aliphatic carbocycles. The molecule has 9 heavy (non-hydrogen) atoms. The zero-order valence-electron chi connectivity index (χ0n) is 5.66. The fourth-order valence-corrected chi connectivity index (χ4v) is 0.108. The molecular weight excluding hydrogens is 204 g/mol. The summed E-state index contributed by atoms with van der Waals surface area (Å²) in [4.78, 5) is 0. The van der Waals surface area contributed by atoms with Gasteiger partial charge in [-0.15, -0.1) is 12.0 Å².